The number of hydrogen-bond acceptors (Lipinski definition) is 2. The fourth-order valence-electron chi connectivity index (χ4n) is 2.59. The van der Waals surface area contributed by atoms with Gasteiger partial charge < -0.3 is 10.6 Å². The number of nitrogens with zero attached hydrogens (tertiary/aromatic N) is 1. The summed E-state index contributed by atoms with van der Waals surface area (Å²) in [6.07, 6.45) is 9.12. The van der Waals surface area contributed by atoms with Gasteiger partial charge in [-0.25, -0.2) is 0 Å². The van der Waals surface area contributed by atoms with Crippen molar-refractivity contribution in [2.45, 2.75) is 64.3 Å². The molecule has 15 heavy (non-hydrogen) atoms. The lowest BCUT2D eigenvalue weighted by Crippen LogP contribution is -2.51. The SMILES string of the molecule is CCCCN(CC)CC1(N)CCCCC1. The van der Waals surface area contributed by atoms with Crippen LogP contribution in [0.3, 0.4) is 0 Å². The number of nitrogens with two attached hydrogens (primary N) is 1. The minimum atomic E-state index is 0.127. The molecular weight excluding hydrogens is 184 g/mol. The molecule has 2 heteroatoms. The molecule has 1 rings (SSSR count). The van der Waals surface area contributed by atoms with E-state index < -0.39 is 0 Å². The molecule has 1 saturated carbocycles. The zero-order valence-electron chi connectivity index (χ0n) is 10.6. The molecule has 0 aromatic rings. The summed E-state index contributed by atoms with van der Waals surface area (Å²) in [4.78, 5) is 2.54. The Bertz CT molecular complexity index is 162. The van der Waals surface area contributed by atoms with E-state index in [0.717, 1.165) is 13.1 Å². The van der Waals surface area contributed by atoms with Gasteiger partial charge in [-0.15, -0.1) is 0 Å². The van der Waals surface area contributed by atoms with Gasteiger partial charge in [0.25, 0.3) is 0 Å². The zero-order valence-corrected chi connectivity index (χ0v) is 10.6. The van der Waals surface area contributed by atoms with Crippen LogP contribution in [0.2, 0.25) is 0 Å². The second kappa shape index (κ2) is 6.49. The van der Waals surface area contributed by atoms with Crippen molar-refractivity contribution in [1.29, 1.82) is 0 Å². The molecule has 0 spiro atoms. The van der Waals surface area contributed by atoms with E-state index in [1.54, 1.807) is 0 Å². The molecule has 0 atom stereocenters. The van der Waals surface area contributed by atoms with Crippen LogP contribution in [0.1, 0.15) is 58.8 Å². The summed E-state index contributed by atoms with van der Waals surface area (Å²) in [5.41, 5.74) is 6.59. The molecule has 90 valence electrons. The van der Waals surface area contributed by atoms with Crippen LogP contribution in [-0.2, 0) is 0 Å². The molecule has 0 amide bonds. The van der Waals surface area contributed by atoms with Gasteiger partial charge in [0.1, 0.15) is 0 Å². The molecule has 2 nitrogen and oxygen atoms in total. The van der Waals surface area contributed by atoms with Crippen molar-refractivity contribution in [2.75, 3.05) is 19.6 Å². The van der Waals surface area contributed by atoms with Crippen LogP contribution in [0.15, 0.2) is 0 Å². The second-order valence-corrected chi connectivity index (χ2v) is 5.15. The first-order valence-electron chi connectivity index (χ1n) is 6.71. The topological polar surface area (TPSA) is 29.3 Å². The highest BCUT2D eigenvalue weighted by atomic mass is 15.1. The molecule has 0 aromatic carbocycles. The van der Waals surface area contributed by atoms with Crippen molar-refractivity contribution in [1.82, 2.24) is 4.90 Å². The molecule has 0 heterocycles. The average molecular weight is 212 g/mol. The van der Waals surface area contributed by atoms with Gasteiger partial charge in [-0.05, 0) is 32.4 Å². The van der Waals surface area contributed by atoms with E-state index in [-0.39, 0.29) is 5.54 Å². The van der Waals surface area contributed by atoms with Crippen molar-refractivity contribution in [2.24, 2.45) is 5.73 Å². The number of hydrogen-bond donors (Lipinski definition) is 1. The third-order valence-corrected chi connectivity index (χ3v) is 3.66. The van der Waals surface area contributed by atoms with E-state index in [9.17, 15) is 0 Å². The molecule has 1 fully saturated rings. The van der Waals surface area contributed by atoms with Crippen LogP contribution in [0.4, 0.5) is 0 Å². The first kappa shape index (κ1) is 13.0. The van der Waals surface area contributed by atoms with Crippen LogP contribution in [0.25, 0.3) is 0 Å². The number of likely N-dealkylation sites (N-methyl/N-ethyl adjacent to an activating group) is 1. The van der Waals surface area contributed by atoms with Crippen LogP contribution >= 0.6 is 0 Å². The smallest absolute Gasteiger partial charge is 0.0283 e. The zero-order chi connectivity index (χ0) is 11.1. The molecule has 0 aliphatic heterocycles. The van der Waals surface area contributed by atoms with Crippen molar-refractivity contribution in [3.8, 4) is 0 Å². The largest absolute Gasteiger partial charge is 0.324 e. The maximum absolute atomic E-state index is 6.47. The highest BCUT2D eigenvalue weighted by Gasteiger charge is 2.28. The van der Waals surface area contributed by atoms with Gasteiger partial charge >= 0.3 is 0 Å². The first-order valence-corrected chi connectivity index (χ1v) is 6.71. The number of unbranched alkanes of at least 4 members (excludes halogenated alkanes) is 1. The van der Waals surface area contributed by atoms with Gasteiger partial charge in [0.2, 0.25) is 0 Å². The monoisotopic (exact) mass is 212 g/mol. The molecule has 0 unspecified atom stereocenters. The second-order valence-electron chi connectivity index (χ2n) is 5.15. The summed E-state index contributed by atoms with van der Waals surface area (Å²) in [7, 11) is 0. The molecule has 0 saturated heterocycles. The van der Waals surface area contributed by atoms with Gasteiger partial charge in [-0.2, -0.15) is 0 Å². The van der Waals surface area contributed by atoms with Gasteiger partial charge in [-0.3, -0.25) is 0 Å². The van der Waals surface area contributed by atoms with E-state index in [1.165, 1.54) is 51.5 Å². The minimum Gasteiger partial charge on any atom is -0.324 e. The Morgan fingerprint density at radius 2 is 1.80 bits per heavy atom. The first-order chi connectivity index (χ1) is 7.20. The van der Waals surface area contributed by atoms with Crippen LogP contribution in [-0.4, -0.2) is 30.1 Å². The van der Waals surface area contributed by atoms with Crippen molar-refractivity contribution in [3.63, 3.8) is 0 Å². The third-order valence-electron chi connectivity index (χ3n) is 3.66. The number of rotatable bonds is 6. The highest BCUT2D eigenvalue weighted by Crippen LogP contribution is 2.26. The quantitative estimate of drug-likeness (QED) is 0.733. The lowest BCUT2D eigenvalue weighted by molar-refractivity contribution is 0.176. The van der Waals surface area contributed by atoms with E-state index in [4.69, 9.17) is 5.73 Å². The third kappa shape index (κ3) is 4.52. The Hall–Kier alpha value is -0.0800. The summed E-state index contributed by atoms with van der Waals surface area (Å²) in [5.74, 6) is 0. The Kier molecular flexibility index (Phi) is 5.62. The Balaban J connectivity index is 2.34. The molecule has 1 aliphatic carbocycles. The molecular formula is C13H28N2. The summed E-state index contributed by atoms with van der Waals surface area (Å²) in [6, 6.07) is 0. The summed E-state index contributed by atoms with van der Waals surface area (Å²) in [5, 5.41) is 0. The molecule has 2 N–H and O–H groups in total. The fourth-order valence-corrected chi connectivity index (χ4v) is 2.59. The van der Waals surface area contributed by atoms with Crippen LogP contribution in [0, 0.1) is 0 Å². The predicted molar refractivity (Wildman–Crippen MR) is 67.0 cm³/mol. The standard InChI is InChI=1S/C13H28N2/c1-3-5-11-15(4-2)12-13(14)9-7-6-8-10-13/h3-12,14H2,1-2H3. The van der Waals surface area contributed by atoms with Crippen molar-refractivity contribution >= 4 is 0 Å². The normalized spacial score (nSPS) is 20.8. The molecule has 0 aromatic heterocycles. The molecule has 0 radical (unpaired) electrons. The van der Waals surface area contributed by atoms with E-state index in [0.29, 0.717) is 0 Å². The average Bonchev–Trinajstić information content (AvgIpc) is 2.25. The van der Waals surface area contributed by atoms with Gasteiger partial charge in [0.15, 0.2) is 0 Å². The van der Waals surface area contributed by atoms with Crippen LogP contribution < -0.4 is 5.73 Å². The van der Waals surface area contributed by atoms with E-state index >= 15 is 0 Å². The van der Waals surface area contributed by atoms with Gasteiger partial charge in [0.05, 0.1) is 0 Å². The maximum Gasteiger partial charge on any atom is 0.0283 e. The fraction of sp³-hybridized carbons (Fsp3) is 1.00. The van der Waals surface area contributed by atoms with Crippen molar-refractivity contribution < 1.29 is 0 Å². The van der Waals surface area contributed by atoms with Gasteiger partial charge in [-0.1, -0.05) is 39.5 Å². The highest BCUT2D eigenvalue weighted by molar-refractivity contribution is 4.90. The summed E-state index contributed by atoms with van der Waals surface area (Å²) >= 11 is 0. The van der Waals surface area contributed by atoms with E-state index in [2.05, 4.69) is 18.7 Å². The Morgan fingerprint density at radius 1 is 1.13 bits per heavy atom. The lowest BCUT2D eigenvalue weighted by Gasteiger charge is -2.38. The Labute approximate surface area is 95.2 Å². The van der Waals surface area contributed by atoms with Gasteiger partial charge in [0, 0.05) is 12.1 Å². The lowest BCUT2D eigenvalue weighted by atomic mass is 9.82. The van der Waals surface area contributed by atoms with E-state index in [1.807, 2.05) is 0 Å². The van der Waals surface area contributed by atoms with Crippen LogP contribution in [0.5, 0.6) is 0 Å². The molecule has 0 bridgehead atoms. The Morgan fingerprint density at radius 3 is 2.33 bits per heavy atom. The molecule has 1 aliphatic rings. The maximum atomic E-state index is 6.47. The summed E-state index contributed by atoms with van der Waals surface area (Å²) < 4.78 is 0. The minimum absolute atomic E-state index is 0.127. The van der Waals surface area contributed by atoms with Crippen molar-refractivity contribution in [3.05, 3.63) is 0 Å². The summed E-state index contributed by atoms with van der Waals surface area (Å²) in [6.45, 7) is 8.00. The predicted octanol–water partition coefficient (Wildman–Crippen LogP) is 2.77.